The van der Waals surface area contributed by atoms with Gasteiger partial charge in [-0.15, -0.1) is 0 Å². The van der Waals surface area contributed by atoms with Crippen molar-refractivity contribution >= 4 is 46.9 Å². The van der Waals surface area contributed by atoms with Gasteiger partial charge in [-0.05, 0) is 43.1 Å². The number of imide groups is 1. The molecule has 2 fully saturated rings. The fourth-order valence-electron chi connectivity index (χ4n) is 4.28. The maximum Gasteiger partial charge on any atom is 0.326 e. The van der Waals surface area contributed by atoms with Crippen LogP contribution in [0.3, 0.4) is 0 Å². The number of carbonyl (C=O) groups is 2. The van der Waals surface area contributed by atoms with Gasteiger partial charge in [0.1, 0.15) is 11.4 Å². The van der Waals surface area contributed by atoms with Gasteiger partial charge < -0.3 is 15.0 Å². The first-order valence-corrected chi connectivity index (χ1v) is 10.9. The van der Waals surface area contributed by atoms with E-state index in [0.29, 0.717) is 28.4 Å². The molecular weight excluding hydrogens is 433 g/mol. The highest BCUT2D eigenvalue weighted by Gasteiger charge is 2.39. The van der Waals surface area contributed by atoms with Crippen LogP contribution in [0.15, 0.2) is 42.2 Å². The first kappa shape index (κ1) is 20.1. The number of H-pyrrole nitrogens is 1. The van der Waals surface area contributed by atoms with E-state index < -0.39 is 11.9 Å². The smallest absolute Gasteiger partial charge is 0.326 e. The molecule has 3 amide bonds. The van der Waals surface area contributed by atoms with Crippen LogP contribution in [0.5, 0.6) is 11.6 Å². The number of hydrogen-bond donors (Lipinski definition) is 3. The number of carbonyl (C=O) groups excluding carboxylic acids is 2. The fourth-order valence-corrected chi connectivity index (χ4v) is 4.28. The minimum atomic E-state index is -0.584. The highest BCUT2D eigenvalue weighted by atomic mass is 16.5. The van der Waals surface area contributed by atoms with Crippen LogP contribution in [0.2, 0.25) is 5.82 Å². The minimum Gasteiger partial charge on any atom is -0.439 e. The van der Waals surface area contributed by atoms with Crippen LogP contribution in [0.4, 0.5) is 4.79 Å². The highest BCUT2D eigenvalue weighted by molar-refractivity contribution is 6.81. The molecule has 11 heteroatoms. The van der Waals surface area contributed by atoms with Gasteiger partial charge in [-0.1, -0.05) is 12.8 Å². The van der Waals surface area contributed by atoms with Gasteiger partial charge in [0, 0.05) is 39.8 Å². The van der Waals surface area contributed by atoms with Crippen LogP contribution >= 0.6 is 0 Å². The van der Waals surface area contributed by atoms with E-state index in [-0.39, 0.29) is 18.2 Å². The summed E-state index contributed by atoms with van der Waals surface area (Å²) in [6, 6.07) is 8.91. The van der Waals surface area contributed by atoms with Gasteiger partial charge >= 0.3 is 12.7 Å². The van der Waals surface area contributed by atoms with Gasteiger partial charge in [-0.2, -0.15) is 10.1 Å². The maximum atomic E-state index is 12.0. The molecule has 4 aromatic rings. The molecule has 3 aromatic heterocycles. The summed E-state index contributed by atoms with van der Waals surface area (Å²) < 4.78 is 7.74. The maximum absolute atomic E-state index is 12.0. The van der Waals surface area contributed by atoms with Gasteiger partial charge in [-0.25, -0.2) is 14.6 Å². The lowest BCUT2D eigenvalue weighted by molar-refractivity contribution is -0.115. The van der Waals surface area contributed by atoms with E-state index in [1.165, 1.54) is 6.08 Å². The average Bonchev–Trinajstić information content (AvgIpc) is 3.32. The predicted molar refractivity (Wildman–Crippen MR) is 125 cm³/mol. The molecule has 0 bridgehead atoms. The Morgan fingerprint density at radius 2 is 2.09 bits per heavy atom. The first-order chi connectivity index (χ1) is 16.5. The van der Waals surface area contributed by atoms with E-state index in [0.717, 1.165) is 29.4 Å². The van der Waals surface area contributed by atoms with Crippen molar-refractivity contribution in [1.29, 1.82) is 5.26 Å². The summed E-state index contributed by atoms with van der Waals surface area (Å²) in [5, 5.41) is 20.0. The lowest BCUT2D eigenvalue weighted by Gasteiger charge is -2.11. The molecule has 1 aliphatic carbocycles. The average molecular weight is 451 g/mol. The summed E-state index contributed by atoms with van der Waals surface area (Å²) in [5.74, 6) is 3.05. The number of fused-ring (bicyclic) bond motifs is 2. The number of nitrogens with one attached hydrogen (secondary N) is 3. The molecule has 1 aliphatic heterocycles. The van der Waals surface area contributed by atoms with E-state index in [1.54, 1.807) is 16.8 Å². The molecule has 2 aliphatic rings. The SMILES string of the molecule is Cc1cc2cc(Oc3cc(B(C#N)C4CC4)n4ncc(/C=C5\NC(=O)NC5=O)c4n3)ccc2[nH]1. The summed E-state index contributed by atoms with van der Waals surface area (Å²) in [7, 11) is 0. The number of nitriles is 1. The molecule has 0 unspecified atom stereocenters. The molecule has 1 saturated carbocycles. The second-order valence-corrected chi connectivity index (χ2v) is 8.57. The topological polar surface area (TPSA) is 137 Å². The third-order valence-electron chi connectivity index (χ3n) is 6.02. The van der Waals surface area contributed by atoms with Crippen LogP contribution in [-0.2, 0) is 4.79 Å². The van der Waals surface area contributed by atoms with Crippen molar-refractivity contribution in [2.75, 3.05) is 0 Å². The fraction of sp³-hybridized carbons (Fsp3) is 0.174. The van der Waals surface area contributed by atoms with Gasteiger partial charge in [0.15, 0.2) is 5.65 Å². The zero-order chi connectivity index (χ0) is 23.4. The van der Waals surface area contributed by atoms with Crippen LogP contribution < -0.4 is 21.0 Å². The normalized spacial score (nSPS) is 16.6. The summed E-state index contributed by atoms with van der Waals surface area (Å²) in [5.41, 5.74) is 3.77. The predicted octanol–water partition coefficient (Wildman–Crippen LogP) is 2.42. The zero-order valence-corrected chi connectivity index (χ0v) is 18.1. The molecule has 4 heterocycles. The van der Waals surface area contributed by atoms with Crippen molar-refractivity contribution in [1.82, 2.24) is 30.2 Å². The van der Waals surface area contributed by atoms with Crippen molar-refractivity contribution in [3.05, 3.63) is 53.5 Å². The molecule has 0 atom stereocenters. The van der Waals surface area contributed by atoms with Crippen LogP contribution in [0.25, 0.3) is 22.6 Å². The standard InChI is InChI=1S/C23H18BN7O3/c1-12-6-13-7-16(4-5-17(13)27-12)34-20-9-19(24(11-25)15-2-3-15)31-21(29-20)14(10-26-31)8-18-22(32)30-23(33)28-18/h4-10,15,27H,2-3H2,1H3,(H2,28,30,32,33)/b18-8-. The Morgan fingerprint density at radius 1 is 1.24 bits per heavy atom. The van der Waals surface area contributed by atoms with Crippen molar-refractivity contribution in [2.24, 2.45) is 0 Å². The Kier molecular flexibility index (Phi) is 4.41. The van der Waals surface area contributed by atoms with Crippen molar-refractivity contribution in [3.63, 3.8) is 0 Å². The highest BCUT2D eigenvalue weighted by Crippen LogP contribution is 2.39. The number of rotatable bonds is 5. The lowest BCUT2D eigenvalue weighted by atomic mass is 9.44. The Morgan fingerprint density at radius 3 is 2.82 bits per heavy atom. The Balaban J connectivity index is 1.46. The molecular formula is C23H18BN7O3. The number of amides is 3. The van der Waals surface area contributed by atoms with Crippen molar-refractivity contribution in [2.45, 2.75) is 25.6 Å². The number of urea groups is 1. The number of aromatic nitrogens is 4. The Hall–Kier alpha value is -4.59. The number of aryl methyl sites for hydroxylation is 1. The van der Waals surface area contributed by atoms with E-state index in [1.807, 2.05) is 31.2 Å². The first-order valence-electron chi connectivity index (χ1n) is 10.9. The monoisotopic (exact) mass is 451 g/mol. The molecule has 3 N–H and O–H groups in total. The lowest BCUT2D eigenvalue weighted by Crippen LogP contribution is -2.35. The summed E-state index contributed by atoms with van der Waals surface area (Å²) in [6.45, 7) is 1.63. The third-order valence-corrected chi connectivity index (χ3v) is 6.02. The van der Waals surface area contributed by atoms with Gasteiger partial charge in [0.2, 0.25) is 5.88 Å². The quantitative estimate of drug-likeness (QED) is 0.242. The number of hydrogen-bond acceptors (Lipinski definition) is 6. The summed E-state index contributed by atoms with van der Waals surface area (Å²) in [6.07, 6.45) is 5.02. The van der Waals surface area contributed by atoms with Crippen molar-refractivity contribution in [3.8, 4) is 17.6 Å². The number of aromatic amines is 1. The third kappa shape index (κ3) is 3.45. The summed E-state index contributed by atoms with van der Waals surface area (Å²) >= 11 is 0. The van der Waals surface area contributed by atoms with E-state index in [9.17, 15) is 14.9 Å². The van der Waals surface area contributed by atoms with E-state index in [4.69, 9.17) is 4.74 Å². The molecule has 6 rings (SSSR count). The number of benzene rings is 1. The minimum absolute atomic E-state index is 0.0990. The van der Waals surface area contributed by atoms with Gasteiger partial charge in [-0.3, -0.25) is 10.1 Å². The Bertz CT molecular complexity index is 1570. The molecule has 166 valence electrons. The number of ether oxygens (including phenoxy) is 1. The van der Waals surface area contributed by atoms with Crippen LogP contribution in [0, 0.1) is 18.2 Å². The van der Waals surface area contributed by atoms with Crippen LogP contribution in [0.1, 0.15) is 24.1 Å². The van der Waals surface area contributed by atoms with Gasteiger partial charge in [0.25, 0.3) is 5.91 Å². The molecule has 34 heavy (non-hydrogen) atoms. The molecule has 0 spiro atoms. The van der Waals surface area contributed by atoms with E-state index in [2.05, 4.69) is 31.7 Å². The van der Waals surface area contributed by atoms with Crippen LogP contribution in [-0.4, -0.2) is 38.2 Å². The molecule has 1 saturated heterocycles. The van der Waals surface area contributed by atoms with Crippen molar-refractivity contribution < 1.29 is 14.3 Å². The molecule has 1 aromatic carbocycles. The van der Waals surface area contributed by atoms with Gasteiger partial charge in [0.05, 0.1) is 6.20 Å². The summed E-state index contributed by atoms with van der Waals surface area (Å²) in [4.78, 5) is 31.4. The molecule has 0 radical (unpaired) electrons. The molecule has 10 nitrogen and oxygen atoms in total. The number of nitrogens with zero attached hydrogens (tertiary/aromatic N) is 4. The zero-order valence-electron chi connectivity index (χ0n) is 18.1. The van der Waals surface area contributed by atoms with E-state index >= 15 is 0 Å². The second-order valence-electron chi connectivity index (χ2n) is 8.57. The second kappa shape index (κ2) is 7.49. The Labute approximate surface area is 193 Å². The largest absolute Gasteiger partial charge is 0.439 e.